The van der Waals surface area contributed by atoms with Gasteiger partial charge in [-0.2, -0.15) is 0 Å². The molecule has 0 amide bonds. The lowest BCUT2D eigenvalue weighted by molar-refractivity contribution is 0.503. The molecule has 1 aliphatic carbocycles. The largest absolute Gasteiger partial charge is 0.271 e. The first-order valence-corrected chi connectivity index (χ1v) is 7.15. The molecule has 0 radical (unpaired) electrons. The Morgan fingerprint density at radius 1 is 1.32 bits per heavy atom. The number of hydrazine groups is 1. The van der Waals surface area contributed by atoms with E-state index >= 15 is 0 Å². The zero-order valence-corrected chi connectivity index (χ0v) is 11.7. The van der Waals surface area contributed by atoms with Crippen molar-refractivity contribution in [1.29, 1.82) is 0 Å². The molecule has 104 valence electrons. The summed E-state index contributed by atoms with van der Waals surface area (Å²) in [5, 5.41) is 0.597. The molecule has 1 aromatic rings. The Morgan fingerprint density at radius 2 is 2.16 bits per heavy atom. The highest BCUT2D eigenvalue weighted by atomic mass is 35.5. The zero-order chi connectivity index (χ0) is 13.7. The highest BCUT2D eigenvalue weighted by molar-refractivity contribution is 6.31. The second-order valence-corrected chi connectivity index (χ2v) is 5.52. The average Bonchev–Trinajstić information content (AvgIpc) is 2.43. The number of hydrogen-bond donors (Lipinski definition) is 2. The van der Waals surface area contributed by atoms with E-state index in [4.69, 9.17) is 17.4 Å². The van der Waals surface area contributed by atoms with Gasteiger partial charge < -0.3 is 0 Å². The fourth-order valence-corrected chi connectivity index (χ4v) is 2.76. The van der Waals surface area contributed by atoms with Gasteiger partial charge in [0, 0.05) is 11.1 Å². The Labute approximate surface area is 118 Å². The van der Waals surface area contributed by atoms with Gasteiger partial charge in [-0.15, -0.1) is 0 Å². The van der Waals surface area contributed by atoms with Gasteiger partial charge in [-0.3, -0.25) is 11.3 Å². The zero-order valence-electron chi connectivity index (χ0n) is 11.0. The van der Waals surface area contributed by atoms with Gasteiger partial charge in [-0.1, -0.05) is 23.3 Å². The van der Waals surface area contributed by atoms with Crippen molar-refractivity contribution in [2.45, 2.75) is 44.6 Å². The van der Waals surface area contributed by atoms with Crippen molar-refractivity contribution in [3.05, 3.63) is 46.3 Å². The van der Waals surface area contributed by atoms with Crippen molar-refractivity contribution in [3.63, 3.8) is 0 Å². The van der Waals surface area contributed by atoms with Crippen molar-refractivity contribution in [1.82, 2.24) is 5.43 Å². The summed E-state index contributed by atoms with van der Waals surface area (Å²) in [5.41, 5.74) is 5.08. The molecule has 0 spiro atoms. The summed E-state index contributed by atoms with van der Waals surface area (Å²) in [6.07, 6.45) is 8.70. The molecule has 19 heavy (non-hydrogen) atoms. The maximum absolute atomic E-state index is 13.2. The van der Waals surface area contributed by atoms with E-state index in [9.17, 15) is 4.39 Å². The molecule has 0 heterocycles. The van der Waals surface area contributed by atoms with Crippen LogP contribution in [-0.2, 0) is 6.42 Å². The SMILES string of the molecule is NNC(CC1=CCCCC1)Cc1cc(F)ccc1Cl. The first kappa shape index (κ1) is 14.5. The van der Waals surface area contributed by atoms with Crippen LogP contribution in [0.1, 0.15) is 37.7 Å². The van der Waals surface area contributed by atoms with E-state index in [-0.39, 0.29) is 11.9 Å². The second-order valence-electron chi connectivity index (χ2n) is 5.12. The molecule has 0 saturated carbocycles. The summed E-state index contributed by atoms with van der Waals surface area (Å²) in [5.74, 6) is 5.35. The van der Waals surface area contributed by atoms with E-state index in [1.165, 1.54) is 30.5 Å². The van der Waals surface area contributed by atoms with Gasteiger partial charge in [0.2, 0.25) is 0 Å². The van der Waals surface area contributed by atoms with Crippen LogP contribution in [0.4, 0.5) is 4.39 Å². The number of nitrogens with one attached hydrogen (secondary N) is 1. The monoisotopic (exact) mass is 282 g/mol. The highest BCUT2D eigenvalue weighted by Crippen LogP contribution is 2.24. The smallest absolute Gasteiger partial charge is 0.123 e. The van der Waals surface area contributed by atoms with Crippen molar-refractivity contribution >= 4 is 11.6 Å². The Hall–Kier alpha value is -0.900. The molecule has 3 N–H and O–H groups in total. The summed E-state index contributed by atoms with van der Waals surface area (Å²) >= 11 is 6.09. The number of hydrogen-bond acceptors (Lipinski definition) is 2. The number of halogens is 2. The molecule has 0 saturated heterocycles. The van der Waals surface area contributed by atoms with Gasteiger partial charge in [-0.05, 0) is 62.3 Å². The van der Waals surface area contributed by atoms with Crippen LogP contribution in [0.15, 0.2) is 29.8 Å². The highest BCUT2D eigenvalue weighted by Gasteiger charge is 2.14. The van der Waals surface area contributed by atoms with E-state index in [2.05, 4.69) is 11.5 Å². The summed E-state index contributed by atoms with van der Waals surface area (Å²) in [6.45, 7) is 0. The van der Waals surface area contributed by atoms with Gasteiger partial charge in [-0.25, -0.2) is 4.39 Å². The maximum Gasteiger partial charge on any atom is 0.123 e. The molecule has 0 aromatic heterocycles. The van der Waals surface area contributed by atoms with E-state index in [0.717, 1.165) is 24.8 Å². The Kier molecular flexibility index (Phi) is 5.37. The standard InChI is InChI=1S/C15H20ClFN2/c16-15-7-6-13(17)9-12(15)10-14(19-18)8-11-4-2-1-3-5-11/h4,6-7,9,14,19H,1-3,5,8,10,18H2. The van der Waals surface area contributed by atoms with E-state index < -0.39 is 0 Å². The second kappa shape index (κ2) is 7.04. The van der Waals surface area contributed by atoms with Gasteiger partial charge in [0.15, 0.2) is 0 Å². The molecule has 2 nitrogen and oxygen atoms in total. The van der Waals surface area contributed by atoms with Gasteiger partial charge in [0.1, 0.15) is 5.82 Å². The summed E-state index contributed by atoms with van der Waals surface area (Å²) in [7, 11) is 0. The van der Waals surface area contributed by atoms with Crippen molar-refractivity contribution in [2.75, 3.05) is 0 Å². The Balaban J connectivity index is 2.02. The van der Waals surface area contributed by atoms with Crippen LogP contribution in [-0.4, -0.2) is 6.04 Å². The molecule has 0 fully saturated rings. The van der Waals surface area contributed by atoms with Gasteiger partial charge in [0.25, 0.3) is 0 Å². The van der Waals surface area contributed by atoms with E-state index in [0.29, 0.717) is 11.4 Å². The van der Waals surface area contributed by atoms with Crippen LogP contribution >= 0.6 is 11.6 Å². The normalized spacial score (nSPS) is 17.1. The molecule has 1 aromatic carbocycles. The lowest BCUT2D eigenvalue weighted by Gasteiger charge is -2.20. The Morgan fingerprint density at radius 3 is 2.84 bits per heavy atom. The molecule has 0 aliphatic heterocycles. The van der Waals surface area contributed by atoms with Crippen molar-refractivity contribution in [3.8, 4) is 0 Å². The van der Waals surface area contributed by atoms with Crippen LogP contribution in [0.3, 0.4) is 0 Å². The van der Waals surface area contributed by atoms with Crippen LogP contribution in [0.25, 0.3) is 0 Å². The first-order chi connectivity index (χ1) is 9.19. The maximum atomic E-state index is 13.2. The molecule has 0 bridgehead atoms. The molecule has 1 unspecified atom stereocenters. The van der Waals surface area contributed by atoms with Crippen molar-refractivity contribution in [2.24, 2.45) is 5.84 Å². The van der Waals surface area contributed by atoms with Crippen LogP contribution < -0.4 is 11.3 Å². The molecular formula is C15H20ClFN2. The van der Waals surface area contributed by atoms with Crippen LogP contribution in [0.5, 0.6) is 0 Å². The molecule has 4 heteroatoms. The summed E-state index contributed by atoms with van der Waals surface area (Å²) < 4.78 is 13.2. The number of nitrogens with two attached hydrogens (primary N) is 1. The molecule has 1 aliphatic rings. The van der Waals surface area contributed by atoms with Crippen molar-refractivity contribution < 1.29 is 4.39 Å². The minimum Gasteiger partial charge on any atom is -0.271 e. The third-order valence-corrected chi connectivity index (χ3v) is 3.97. The van der Waals surface area contributed by atoms with Crippen LogP contribution in [0.2, 0.25) is 5.02 Å². The average molecular weight is 283 g/mol. The van der Waals surface area contributed by atoms with Crippen LogP contribution in [0, 0.1) is 5.82 Å². The quantitative estimate of drug-likeness (QED) is 0.490. The van der Waals surface area contributed by atoms with Gasteiger partial charge in [0.05, 0.1) is 0 Å². The number of rotatable bonds is 5. The predicted octanol–water partition coefficient (Wildman–Crippen LogP) is 3.74. The minimum atomic E-state index is -0.257. The third-order valence-electron chi connectivity index (χ3n) is 3.60. The molecule has 2 rings (SSSR count). The van der Waals surface area contributed by atoms with E-state index in [1.807, 2.05) is 0 Å². The number of benzene rings is 1. The molecule has 1 atom stereocenters. The predicted molar refractivity (Wildman–Crippen MR) is 77.4 cm³/mol. The minimum absolute atomic E-state index is 0.101. The van der Waals surface area contributed by atoms with Gasteiger partial charge >= 0.3 is 0 Å². The van der Waals surface area contributed by atoms with E-state index in [1.54, 1.807) is 6.07 Å². The third kappa shape index (κ3) is 4.30. The topological polar surface area (TPSA) is 38.0 Å². The fraction of sp³-hybridized carbons (Fsp3) is 0.467. The lowest BCUT2D eigenvalue weighted by atomic mass is 9.92. The fourth-order valence-electron chi connectivity index (χ4n) is 2.56. The summed E-state index contributed by atoms with van der Waals surface area (Å²) in [6, 6.07) is 4.56. The lowest BCUT2D eigenvalue weighted by Crippen LogP contribution is -2.37. The Bertz CT molecular complexity index is 459. The summed E-state index contributed by atoms with van der Waals surface area (Å²) in [4.78, 5) is 0. The first-order valence-electron chi connectivity index (χ1n) is 6.77. The number of allylic oxidation sites excluding steroid dienone is 1. The molecular weight excluding hydrogens is 263 g/mol.